The lowest BCUT2D eigenvalue weighted by molar-refractivity contribution is 0.207. The molecule has 0 aromatic heterocycles. The Balaban J connectivity index is 2.55. The molecule has 20 heavy (non-hydrogen) atoms. The summed E-state index contributed by atoms with van der Waals surface area (Å²) >= 11 is 0. The maximum atomic E-state index is 13.4. The average Bonchev–Trinajstić information content (AvgIpc) is 2.33. The van der Waals surface area contributed by atoms with Gasteiger partial charge in [-0.2, -0.15) is 0 Å². The Bertz CT molecular complexity index is 624. The van der Waals surface area contributed by atoms with E-state index in [2.05, 4.69) is 0 Å². The van der Waals surface area contributed by atoms with E-state index in [0.29, 0.717) is 24.3 Å². The summed E-state index contributed by atoms with van der Waals surface area (Å²) in [6.07, 6.45) is -2.11. The summed E-state index contributed by atoms with van der Waals surface area (Å²) in [5.74, 6) is -9.10. The largest absolute Gasteiger partial charge is 0.383 e. The Morgan fingerprint density at radius 1 is 0.700 bits per heavy atom. The predicted octanol–water partition coefficient (Wildman–Crippen LogP) is 3.60. The van der Waals surface area contributed by atoms with Gasteiger partial charge in [0.05, 0.1) is 5.56 Å². The van der Waals surface area contributed by atoms with E-state index < -0.39 is 52.1 Å². The Morgan fingerprint density at radius 2 is 1.15 bits per heavy atom. The van der Waals surface area contributed by atoms with E-state index in [-0.39, 0.29) is 0 Å². The number of aliphatic hydroxyl groups excluding tert-OH is 1. The van der Waals surface area contributed by atoms with E-state index in [9.17, 15) is 31.4 Å². The summed E-state index contributed by atoms with van der Waals surface area (Å²) in [4.78, 5) is 0. The fraction of sp³-hybridized carbons (Fsp3) is 0.0769. The molecule has 0 bridgehead atoms. The van der Waals surface area contributed by atoms with Gasteiger partial charge in [-0.1, -0.05) is 0 Å². The number of hydrogen-bond acceptors (Lipinski definition) is 1. The Morgan fingerprint density at radius 3 is 1.60 bits per heavy atom. The van der Waals surface area contributed by atoms with Crippen LogP contribution in [0.25, 0.3) is 0 Å². The van der Waals surface area contributed by atoms with E-state index in [1.807, 2.05) is 0 Å². The van der Waals surface area contributed by atoms with Gasteiger partial charge in [-0.15, -0.1) is 0 Å². The van der Waals surface area contributed by atoms with Crippen molar-refractivity contribution < 1.29 is 31.4 Å². The highest BCUT2D eigenvalue weighted by molar-refractivity contribution is 5.33. The van der Waals surface area contributed by atoms with E-state index >= 15 is 0 Å². The number of benzene rings is 2. The molecule has 0 fully saturated rings. The zero-order valence-corrected chi connectivity index (χ0v) is 9.60. The lowest BCUT2D eigenvalue weighted by Crippen LogP contribution is -2.08. The van der Waals surface area contributed by atoms with Crippen molar-refractivity contribution in [3.8, 4) is 0 Å². The molecule has 2 aromatic rings. The molecule has 1 N–H and O–H groups in total. The number of aliphatic hydroxyl groups is 1. The molecule has 106 valence electrons. The third-order valence-electron chi connectivity index (χ3n) is 2.64. The highest BCUT2D eigenvalue weighted by Gasteiger charge is 2.23. The summed E-state index contributed by atoms with van der Waals surface area (Å²) in [6.45, 7) is 0. The van der Waals surface area contributed by atoms with Gasteiger partial charge in [0.2, 0.25) is 0 Å². The van der Waals surface area contributed by atoms with Crippen LogP contribution in [0.1, 0.15) is 17.2 Å². The van der Waals surface area contributed by atoms with Crippen LogP contribution in [0.15, 0.2) is 24.3 Å². The summed E-state index contributed by atoms with van der Waals surface area (Å²) in [5.41, 5.74) is -1.59. The smallest absolute Gasteiger partial charge is 0.194 e. The molecular weight excluding hydrogens is 286 g/mol. The minimum absolute atomic E-state index is 0.303. The van der Waals surface area contributed by atoms with Crippen LogP contribution in [0.5, 0.6) is 0 Å². The summed E-state index contributed by atoms with van der Waals surface area (Å²) < 4.78 is 78.4. The number of rotatable bonds is 2. The number of halogens is 6. The second kappa shape index (κ2) is 5.16. The van der Waals surface area contributed by atoms with Gasteiger partial charge in [-0.05, 0) is 17.7 Å². The van der Waals surface area contributed by atoms with Crippen molar-refractivity contribution in [2.24, 2.45) is 0 Å². The maximum Gasteiger partial charge on any atom is 0.194 e. The van der Waals surface area contributed by atoms with Gasteiger partial charge in [0.1, 0.15) is 23.6 Å². The minimum atomic E-state index is -2.11. The fourth-order valence-corrected chi connectivity index (χ4v) is 1.71. The number of hydrogen-bond donors (Lipinski definition) is 1. The average molecular weight is 292 g/mol. The van der Waals surface area contributed by atoms with Crippen LogP contribution in [0, 0.1) is 34.9 Å². The molecule has 0 aliphatic carbocycles. The van der Waals surface area contributed by atoms with E-state index in [1.54, 1.807) is 0 Å². The molecule has 0 spiro atoms. The van der Waals surface area contributed by atoms with E-state index in [1.165, 1.54) is 0 Å². The van der Waals surface area contributed by atoms with Gasteiger partial charge in [0, 0.05) is 12.1 Å². The molecule has 0 saturated carbocycles. The van der Waals surface area contributed by atoms with Gasteiger partial charge in [0.25, 0.3) is 0 Å². The molecule has 1 atom stereocenters. The monoisotopic (exact) mass is 292 g/mol. The summed E-state index contributed by atoms with van der Waals surface area (Å²) in [5, 5.41) is 9.73. The molecule has 0 heterocycles. The molecule has 1 nitrogen and oxygen atoms in total. The third-order valence-corrected chi connectivity index (χ3v) is 2.64. The van der Waals surface area contributed by atoms with Gasteiger partial charge < -0.3 is 5.11 Å². The maximum absolute atomic E-state index is 13.4. The molecule has 0 aliphatic rings. The molecule has 0 amide bonds. The van der Waals surface area contributed by atoms with Crippen LogP contribution in [-0.4, -0.2) is 5.11 Å². The van der Waals surface area contributed by atoms with Crippen LogP contribution in [0.2, 0.25) is 0 Å². The quantitative estimate of drug-likeness (QED) is 0.662. The highest BCUT2D eigenvalue weighted by atomic mass is 19.2. The van der Waals surface area contributed by atoms with Crippen LogP contribution < -0.4 is 0 Å². The van der Waals surface area contributed by atoms with Gasteiger partial charge >= 0.3 is 0 Å². The van der Waals surface area contributed by atoms with Crippen LogP contribution in [-0.2, 0) is 0 Å². The normalized spacial score (nSPS) is 12.6. The zero-order chi connectivity index (χ0) is 15.0. The van der Waals surface area contributed by atoms with Gasteiger partial charge in [0.15, 0.2) is 17.5 Å². The second-order valence-corrected chi connectivity index (χ2v) is 3.98. The minimum Gasteiger partial charge on any atom is -0.383 e. The van der Waals surface area contributed by atoms with Crippen molar-refractivity contribution >= 4 is 0 Å². The van der Waals surface area contributed by atoms with Crippen molar-refractivity contribution in [3.05, 3.63) is 70.3 Å². The Hall–Kier alpha value is -2.02. The molecular formula is C13H6F6O. The molecule has 1 unspecified atom stereocenters. The zero-order valence-electron chi connectivity index (χ0n) is 9.60. The highest BCUT2D eigenvalue weighted by Crippen LogP contribution is 2.29. The topological polar surface area (TPSA) is 20.2 Å². The standard InChI is InChI=1S/C13H6F6O/c14-6-3-7(15)11(8(16)4-6)13(20)5-1-9(17)12(19)10(18)2-5/h1-4,13,20H. The fourth-order valence-electron chi connectivity index (χ4n) is 1.71. The van der Waals surface area contributed by atoms with E-state index in [0.717, 1.165) is 0 Å². The predicted molar refractivity (Wildman–Crippen MR) is 56.7 cm³/mol. The van der Waals surface area contributed by atoms with Crippen molar-refractivity contribution in [1.82, 2.24) is 0 Å². The lowest BCUT2D eigenvalue weighted by atomic mass is 10.00. The van der Waals surface area contributed by atoms with Crippen molar-refractivity contribution in [3.63, 3.8) is 0 Å². The first-order chi connectivity index (χ1) is 9.31. The van der Waals surface area contributed by atoms with Crippen LogP contribution in [0.3, 0.4) is 0 Å². The Labute approximate surface area is 109 Å². The molecule has 0 saturated heterocycles. The third kappa shape index (κ3) is 2.49. The summed E-state index contributed by atoms with van der Waals surface area (Å²) in [6, 6.07) is 1.40. The summed E-state index contributed by atoms with van der Waals surface area (Å²) in [7, 11) is 0. The molecule has 2 aromatic carbocycles. The molecule has 0 aliphatic heterocycles. The molecule has 0 radical (unpaired) electrons. The first-order valence-electron chi connectivity index (χ1n) is 5.28. The Kier molecular flexibility index (Phi) is 3.71. The lowest BCUT2D eigenvalue weighted by Gasteiger charge is -2.14. The molecule has 2 rings (SSSR count). The van der Waals surface area contributed by atoms with Crippen molar-refractivity contribution in [1.29, 1.82) is 0 Å². The first-order valence-corrected chi connectivity index (χ1v) is 5.28. The van der Waals surface area contributed by atoms with Gasteiger partial charge in [-0.3, -0.25) is 0 Å². The SMILES string of the molecule is OC(c1cc(F)c(F)c(F)c1)c1c(F)cc(F)cc1F. The van der Waals surface area contributed by atoms with Gasteiger partial charge in [-0.25, -0.2) is 26.3 Å². The van der Waals surface area contributed by atoms with Crippen LogP contribution in [0.4, 0.5) is 26.3 Å². The first kappa shape index (κ1) is 14.4. The second-order valence-electron chi connectivity index (χ2n) is 3.98. The van der Waals surface area contributed by atoms with Crippen LogP contribution >= 0.6 is 0 Å². The van der Waals surface area contributed by atoms with Crippen molar-refractivity contribution in [2.45, 2.75) is 6.10 Å². The van der Waals surface area contributed by atoms with Crippen molar-refractivity contribution in [2.75, 3.05) is 0 Å². The van der Waals surface area contributed by atoms with E-state index in [4.69, 9.17) is 0 Å². The molecule has 7 heteroatoms.